The molecule has 0 radical (unpaired) electrons. The first kappa shape index (κ1) is 20.9. The van der Waals surface area contributed by atoms with Gasteiger partial charge >= 0.3 is 0 Å². The van der Waals surface area contributed by atoms with Crippen LogP contribution in [0.4, 0.5) is 0 Å². The highest BCUT2D eigenvalue weighted by molar-refractivity contribution is 4.70. The van der Waals surface area contributed by atoms with Gasteiger partial charge in [-0.3, -0.25) is 0 Å². The minimum Gasteiger partial charge on any atom is -0.379 e. The van der Waals surface area contributed by atoms with Gasteiger partial charge in [-0.1, -0.05) is 41.5 Å². The summed E-state index contributed by atoms with van der Waals surface area (Å²) in [6.07, 6.45) is 2.35. The Balaban J connectivity index is 3.30. The summed E-state index contributed by atoms with van der Waals surface area (Å²) >= 11 is 0. The molecule has 1 N–H and O–H groups in total. The Kier molecular flexibility index (Phi) is 11.4. The summed E-state index contributed by atoms with van der Waals surface area (Å²) in [5.41, 5.74) is 0.412. The fourth-order valence-corrected chi connectivity index (χ4v) is 2.15. The van der Waals surface area contributed by atoms with Gasteiger partial charge in [0.05, 0.1) is 19.8 Å². The average molecular weight is 302 g/mol. The van der Waals surface area contributed by atoms with E-state index in [9.17, 15) is 0 Å². The normalized spacial score (nSPS) is 15.4. The van der Waals surface area contributed by atoms with Crippen molar-refractivity contribution in [1.82, 2.24) is 5.32 Å². The maximum atomic E-state index is 5.58. The molecular weight excluding hydrogens is 262 g/mol. The third-order valence-corrected chi connectivity index (χ3v) is 4.14. The Morgan fingerprint density at radius 2 is 1.43 bits per heavy atom. The second-order valence-corrected chi connectivity index (χ2v) is 7.73. The van der Waals surface area contributed by atoms with Gasteiger partial charge in [-0.25, -0.2) is 0 Å². The standard InChI is InChI=1S/C18H39NO2/c1-15(2)16(3)17(4)19-10-12-21-14-13-20-11-8-9-18(5,6)7/h15-17,19H,8-14H2,1-7H3/t16-,17?/m1/s1. The van der Waals surface area contributed by atoms with Gasteiger partial charge in [0, 0.05) is 19.2 Å². The summed E-state index contributed by atoms with van der Waals surface area (Å²) < 4.78 is 11.2. The molecule has 0 heterocycles. The van der Waals surface area contributed by atoms with Crippen LogP contribution in [-0.4, -0.2) is 39.0 Å². The van der Waals surface area contributed by atoms with Crippen LogP contribution in [0.15, 0.2) is 0 Å². The average Bonchev–Trinajstić information content (AvgIpc) is 2.38. The van der Waals surface area contributed by atoms with Crippen LogP contribution in [0.25, 0.3) is 0 Å². The lowest BCUT2D eigenvalue weighted by Gasteiger charge is -2.24. The van der Waals surface area contributed by atoms with E-state index in [1.165, 1.54) is 6.42 Å². The third kappa shape index (κ3) is 13.3. The minimum atomic E-state index is 0.412. The molecule has 1 unspecified atom stereocenters. The predicted octanol–water partition coefficient (Wildman–Crippen LogP) is 4.12. The van der Waals surface area contributed by atoms with Crippen LogP contribution in [0.3, 0.4) is 0 Å². The molecule has 128 valence electrons. The van der Waals surface area contributed by atoms with E-state index in [-0.39, 0.29) is 0 Å². The molecule has 0 bridgehead atoms. The van der Waals surface area contributed by atoms with Crippen molar-refractivity contribution < 1.29 is 9.47 Å². The number of hydrogen-bond donors (Lipinski definition) is 1. The highest BCUT2D eigenvalue weighted by atomic mass is 16.5. The SMILES string of the molecule is CC(C)[C@@H](C)C(C)NCCOCCOCCCC(C)(C)C. The Hall–Kier alpha value is -0.120. The maximum Gasteiger partial charge on any atom is 0.0701 e. The van der Waals surface area contributed by atoms with E-state index in [0.717, 1.165) is 32.1 Å². The smallest absolute Gasteiger partial charge is 0.0701 e. The van der Waals surface area contributed by atoms with Gasteiger partial charge in [-0.2, -0.15) is 0 Å². The quantitative estimate of drug-likeness (QED) is 0.550. The summed E-state index contributed by atoms with van der Waals surface area (Å²) in [6.45, 7) is 19.8. The Bertz CT molecular complexity index is 236. The first-order valence-corrected chi connectivity index (χ1v) is 8.63. The lowest BCUT2D eigenvalue weighted by molar-refractivity contribution is 0.0442. The molecule has 2 atom stereocenters. The lowest BCUT2D eigenvalue weighted by atomic mass is 9.91. The molecule has 3 heteroatoms. The zero-order valence-corrected chi connectivity index (χ0v) is 15.5. The van der Waals surface area contributed by atoms with Crippen LogP contribution in [0.5, 0.6) is 0 Å². The van der Waals surface area contributed by atoms with Crippen molar-refractivity contribution in [3.8, 4) is 0 Å². The topological polar surface area (TPSA) is 30.5 Å². The maximum absolute atomic E-state index is 5.58. The summed E-state index contributed by atoms with van der Waals surface area (Å²) in [4.78, 5) is 0. The highest BCUT2D eigenvalue weighted by Gasteiger charge is 2.14. The van der Waals surface area contributed by atoms with Crippen LogP contribution < -0.4 is 5.32 Å². The Labute approximate surface area is 133 Å². The molecule has 0 saturated carbocycles. The van der Waals surface area contributed by atoms with Crippen LogP contribution in [0, 0.1) is 17.3 Å². The summed E-state index contributed by atoms with van der Waals surface area (Å²) in [6, 6.07) is 0.544. The molecule has 21 heavy (non-hydrogen) atoms. The Morgan fingerprint density at radius 3 is 1.95 bits per heavy atom. The van der Waals surface area contributed by atoms with Crippen molar-refractivity contribution in [2.24, 2.45) is 17.3 Å². The van der Waals surface area contributed by atoms with E-state index in [1.807, 2.05) is 0 Å². The highest BCUT2D eigenvalue weighted by Crippen LogP contribution is 2.20. The van der Waals surface area contributed by atoms with Gasteiger partial charge in [0.25, 0.3) is 0 Å². The van der Waals surface area contributed by atoms with Gasteiger partial charge in [0.15, 0.2) is 0 Å². The number of hydrogen-bond acceptors (Lipinski definition) is 3. The van der Waals surface area contributed by atoms with Crippen molar-refractivity contribution in [1.29, 1.82) is 0 Å². The van der Waals surface area contributed by atoms with Gasteiger partial charge in [0.1, 0.15) is 0 Å². The summed E-state index contributed by atoms with van der Waals surface area (Å²) in [5, 5.41) is 3.53. The van der Waals surface area contributed by atoms with Gasteiger partial charge in [-0.05, 0) is 37.0 Å². The molecular formula is C18H39NO2. The third-order valence-electron chi connectivity index (χ3n) is 4.14. The second-order valence-electron chi connectivity index (χ2n) is 7.73. The summed E-state index contributed by atoms with van der Waals surface area (Å²) in [5.74, 6) is 1.41. The molecule has 0 rings (SSSR count). The minimum absolute atomic E-state index is 0.412. The van der Waals surface area contributed by atoms with E-state index in [0.29, 0.717) is 30.6 Å². The number of nitrogens with one attached hydrogen (secondary N) is 1. The van der Waals surface area contributed by atoms with Gasteiger partial charge in [0.2, 0.25) is 0 Å². The van der Waals surface area contributed by atoms with Crippen LogP contribution >= 0.6 is 0 Å². The lowest BCUT2D eigenvalue weighted by Crippen LogP contribution is -2.36. The Morgan fingerprint density at radius 1 is 0.857 bits per heavy atom. The van der Waals surface area contributed by atoms with Crippen molar-refractivity contribution >= 4 is 0 Å². The molecule has 0 spiro atoms. The molecule has 0 aromatic rings. The largest absolute Gasteiger partial charge is 0.379 e. The summed E-state index contributed by atoms with van der Waals surface area (Å²) in [7, 11) is 0. The van der Waals surface area contributed by atoms with E-state index >= 15 is 0 Å². The molecule has 0 aromatic heterocycles. The van der Waals surface area contributed by atoms with E-state index in [4.69, 9.17) is 9.47 Å². The molecule has 0 aromatic carbocycles. The van der Waals surface area contributed by atoms with Gasteiger partial charge in [-0.15, -0.1) is 0 Å². The zero-order chi connectivity index (χ0) is 16.3. The monoisotopic (exact) mass is 301 g/mol. The van der Waals surface area contributed by atoms with E-state index in [1.54, 1.807) is 0 Å². The fourth-order valence-electron chi connectivity index (χ4n) is 2.15. The van der Waals surface area contributed by atoms with Crippen molar-refractivity contribution in [2.45, 2.75) is 67.3 Å². The van der Waals surface area contributed by atoms with E-state index < -0.39 is 0 Å². The number of ether oxygens (including phenoxy) is 2. The van der Waals surface area contributed by atoms with Crippen LogP contribution in [0.2, 0.25) is 0 Å². The first-order chi connectivity index (χ1) is 9.74. The zero-order valence-electron chi connectivity index (χ0n) is 15.5. The molecule has 0 aliphatic rings. The van der Waals surface area contributed by atoms with Gasteiger partial charge < -0.3 is 14.8 Å². The van der Waals surface area contributed by atoms with Crippen LogP contribution in [0.1, 0.15) is 61.3 Å². The molecule has 0 saturated heterocycles. The van der Waals surface area contributed by atoms with E-state index in [2.05, 4.69) is 53.8 Å². The van der Waals surface area contributed by atoms with Crippen LogP contribution in [-0.2, 0) is 9.47 Å². The second kappa shape index (κ2) is 11.4. The molecule has 0 amide bonds. The fraction of sp³-hybridized carbons (Fsp3) is 1.00. The molecule has 0 aliphatic carbocycles. The first-order valence-electron chi connectivity index (χ1n) is 8.63. The van der Waals surface area contributed by atoms with Crippen molar-refractivity contribution in [3.63, 3.8) is 0 Å². The molecule has 3 nitrogen and oxygen atoms in total. The van der Waals surface area contributed by atoms with Crippen molar-refractivity contribution in [3.05, 3.63) is 0 Å². The molecule has 0 fully saturated rings. The van der Waals surface area contributed by atoms with Crippen molar-refractivity contribution in [2.75, 3.05) is 33.0 Å². The predicted molar refractivity (Wildman–Crippen MR) is 91.8 cm³/mol. The molecule has 0 aliphatic heterocycles. The number of rotatable bonds is 12.